The van der Waals surface area contributed by atoms with Gasteiger partial charge in [-0.3, -0.25) is 4.79 Å². The van der Waals surface area contributed by atoms with Crippen molar-refractivity contribution >= 4 is 5.78 Å². The van der Waals surface area contributed by atoms with Crippen molar-refractivity contribution in [1.29, 1.82) is 0 Å². The van der Waals surface area contributed by atoms with E-state index in [-0.39, 0.29) is 28.6 Å². The van der Waals surface area contributed by atoms with E-state index in [2.05, 4.69) is 27.7 Å². The Labute approximate surface area is 187 Å². The van der Waals surface area contributed by atoms with Gasteiger partial charge in [-0.2, -0.15) is 0 Å². The van der Waals surface area contributed by atoms with Crippen molar-refractivity contribution in [2.45, 2.75) is 103 Å². The van der Waals surface area contributed by atoms with Crippen LogP contribution in [0.3, 0.4) is 0 Å². The van der Waals surface area contributed by atoms with Gasteiger partial charge in [0, 0.05) is 25.2 Å². The van der Waals surface area contributed by atoms with Crippen molar-refractivity contribution in [2.75, 3.05) is 6.61 Å². The Morgan fingerprint density at radius 2 is 1.77 bits per heavy atom. The zero-order valence-corrected chi connectivity index (χ0v) is 19.9. The van der Waals surface area contributed by atoms with E-state index in [1.165, 1.54) is 19.3 Å². The first-order valence-corrected chi connectivity index (χ1v) is 13.2. The van der Waals surface area contributed by atoms with Crippen molar-refractivity contribution in [1.82, 2.24) is 0 Å². The molecule has 0 radical (unpaired) electrons. The van der Waals surface area contributed by atoms with Crippen molar-refractivity contribution in [3.8, 4) is 0 Å². The van der Waals surface area contributed by atoms with Gasteiger partial charge in [0.2, 0.25) is 0 Å². The molecule has 0 aromatic heterocycles. The van der Waals surface area contributed by atoms with Crippen molar-refractivity contribution < 1.29 is 19.4 Å². The molecule has 1 spiro atoms. The standard InChI is InChI=1S/C27H42O4/c1-15-5-10-27(30-14-15)16(2)24-23(31-27)13-20-18-12-22(29)21-11-17(28)6-8-25(21,3)19(18)7-9-26(20,24)4/h15-16,18-24,29H,5-14H2,1-4H3. The van der Waals surface area contributed by atoms with Crippen LogP contribution in [0.4, 0.5) is 0 Å². The van der Waals surface area contributed by atoms with Gasteiger partial charge in [0.05, 0.1) is 18.8 Å². The summed E-state index contributed by atoms with van der Waals surface area (Å²) >= 11 is 0. The quantitative estimate of drug-likeness (QED) is 0.589. The maximum absolute atomic E-state index is 12.2. The minimum Gasteiger partial charge on any atom is -0.393 e. The third-order valence-electron chi connectivity index (χ3n) is 11.8. The molecule has 6 aliphatic rings. The molecule has 174 valence electrons. The molecule has 4 nitrogen and oxygen atoms in total. The molecule has 2 aliphatic heterocycles. The third-order valence-corrected chi connectivity index (χ3v) is 11.8. The average molecular weight is 431 g/mol. The highest BCUT2D eigenvalue weighted by atomic mass is 16.7. The average Bonchev–Trinajstić information content (AvgIpc) is 3.17. The lowest BCUT2D eigenvalue weighted by atomic mass is 9.44. The number of ketones is 1. The van der Waals surface area contributed by atoms with Crippen LogP contribution in [-0.4, -0.2) is 35.5 Å². The third kappa shape index (κ3) is 2.74. The van der Waals surface area contributed by atoms with E-state index < -0.39 is 0 Å². The zero-order chi connectivity index (χ0) is 21.8. The van der Waals surface area contributed by atoms with Gasteiger partial charge < -0.3 is 14.6 Å². The van der Waals surface area contributed by atoms with Crippen LogP contribution >= 0.6 is 0 Å². The minimum atomic E-state index is -0.348. The van der Waals surface area contributed by atoms with Gasteiger partial charge in [0.15, 0.2) is 5.79 Å². The predicted molar refractivity (Wildman–Crippen MR) is 118 cm³/mol. The first-order valence-electron chi connectivity index (χ1n) is 13.2. The van der Waals surface area contributed by atoms with Gasteiger partial charge >= 0.3 is 0 Å². The summed E-state index contributed by atoms with van der Waals surface area (Å²) < 4.78 is 13.3. The van der Waals surface area contributed by atoms with Crippen LogP contribution in [0.15, 0.2) is 0 Å². The zero-order valence-electron chi connectivity index (χ0n) is 19.9. The van der Waals surface area contributed by atoms with E-state index in [0.29, 0.717) is 60.2 Å². The van der Waals surface area contributed by atoms with Crippen LogP contribution in [0.1, 0.15) is 85.5 Å². The van der Waals surface area contributed by atoms with E-state index in [4.69, 9.17) is 9.47 Å². The molecule has 0 amide bonds. The predicted octanol–water partition coefficient (Wildman–Crippen LogP) is 4.97. The Bertz CT molecular complexity index is 756. The van der Waals surface area contributed by atoms with Crippen molar-refractivity contribution in [3.05, 3.63) is 0 Å². The Kier molecular flexibility index (Phi) is 4.62. The molecule has 12 atom stereocenters. The Balaban J connectivity index is 1.28. The lowest BCUT2D eigenvalue weighted by Crippen LogP contribution is -2.58. The van der Waals surface area contributed by atoms with Gasteiger partial charge in [-0.1, -0.05) is 27.7 Å². The number of aliphatic hydroxyl groups excluding tert-OH is 1. The van der Waals surface area contributed by atoms with E-state index in [0.717, 1.165) is 32.3 Å². The number of ether oxygens (including phenoxy) is 2. The fourth-order valence-electron chi connectivity index (χ4n) is 10.1. The molecule has 1 N–H and O–H groups in total. The fraction of sp³-hybridized carbons (Fsp3) is 0.963. The fourth-order valence-corrected chi connectivity index (χ4v) is 10.1. The molecular weight excluding hydrogens is 388 g/mol. The summed E-state index contributed by atoms with van der Waals surface area (Å²) in [4.78, 5) is 12.2. The molecule has 0 aromatic carbocycles. The first-order chi connectivity index (χ1) is 14.7. The number of carbonyl (C=O) groups is 1. The normalized spacial score (nSPS) is 60.9. The summed E-state index contributed by atoms with van der Waals surface area (Å²) in [5.41, 5.74) is 0.417. The van der Waals surface area contributed by atoms with Crippen LogP contribution in [0.25, 0.3) is 0 Å². The molecule has 0 aromatic rings. The van der Waals surface area contributed by atoms with Gasteiger partial charge in [-0.15, -0.1) is 0 Å². The highest BCUT2D eigenvalue weighted by Crippen LogP contribution is 2.71. The Morgan fingerprint density at radius 3 is 2.52 bits per heavy atom. The highest BCUT2D eigenvalue weighted by Gasteiger charge is 2.69. The highest BCUT2D eigenvalue weighted by molar-refractivity contribution is 5.79. The summed E-state index contributed by atoms with van der Waals surface area (Å²) in [6.07, 6.45) is 9.11. The van der Waals surface area contributed by atoms with E-state index >= 15 is 0 Å². The van der Waals surface area contributed by atoms with Crippen LogP contribution in [0, 0.1) is 52.3 Å². The van der Waals surface area contributed by atoms with E-state index in [9.17, 15) is 9.90 Å². The number of rotatable bonds is 0. The number of hydrogen-bond donors (Lipinski definition) is 1. The number of carbonyl (C=O) groups excluding carboxylic acids is 1. The second kappa shape index (κ2) is 6.79. The number of Topliss-reactive ketones (excluding diaryl/α,β-unsaturated/α-hetero) is 1. The van der Waals surface area contributed by atoms with Gasteiger partial charge in [-0.05, 0) is 84.9 Å². The molecule has 6 rings (SSSR count). The Morgan fingerprint density at radius 1 is 0.968 bits per heavy atom. The molecule has 4 aliphatic carbocycles. The summed E-state index contributed by atoms with van der Waals surface area (Å²) in [6.45, 7) is 10.5. The van der Waals surface area contributed by atoms with Crippen LogP contribution < -0.4 is 0 Å². The molecule has 12 unspecified atom stereocenters. The van der Waals surface area contributed by atoms with Crippen LogP contribution in [0.5, 0.6) is 0 Å². The maximum atomic E-state index is 12.2. The minimum absolute atomic E-state index is 0.131. The maximum Gasteiger partial charge on any atom is 0.171 e. The monoisotopic (exact) mass is 430 g/mol. The van der Waals surface area contributed by atoms with Crippen LogP contribution in [0.2, 0.25) is 0 Å². The SMILES string of the molecule is CC1CCC2(OC1)OC1CC3C4CC(O)C5CC(=O)CCC5(C)C4CCC3(C)C1C2C. The van der Waals surface area contributed by atoms with Gasteiger partial charge in [0.1, 0.15) is 5.78 Å². The second-order valence-corrected chi connectivity index (χ2v) is 13.1. The van der Waals surface area contributed by atoms with Gasteiger partial charge in [0.25, 0.3) is 0 Å². The molecule has 4 saturated carbocycles. The molecule has 0 bridgehead atoms. The number of fused-ring (bicyclic) bond motifs is 7. The largest absolute Gasteiger partial charge is 0.393 e. The molecule has 2 heterocycles. The summed E-state index contributed by atoms with van der Waals surface area (Å²) in [5, 5.41) is 11.2. The smallest absolute Gasteiger partial charge is 0.171 e. The molecule has 31 heavy (non-hydrogen) atoms. The molecule has 6 fully saturated rings. The van der Waals surface area contributed by atoms with E-state index in [1.807, 2.05) is 0 Å². The summed E-state index contributed by atoms with van der Waals surface area (Å²) in [6, 6.07) is 0. The summed E-state index contributed by atoms with van der Waals surface area (Å²) in [7, 11) is 0. The second-order valence-electron chi connectivity index (χ2n) is 13.1. The summed E-state index contributed by atoms with van der Waals surface area (Å²) in [5.74, 6) is 3.72. The lowest BCUT2D eigenvalue weighted by Gasteiger charge is -2.61. The van der Waals surface area contributed by atoms with E-state index in [1.54, 1.807) is 0 Å². The van der Waals surface area contributed by atoms with Gasteiger partial charge in [-0.25, -0.2) is 0 Å². The molecule has 4 heteroatoms. The van der Waals surface area contributed by atoms with Crippen LogP contribution in [-0.2, 0) is 14.3 Å². The number of hydrogen-bond acceptors (Lipinski definition) is 4. The Hall–Kier alpha value is -0.450. The van der Waals surface area contributed by atoms with Crippen molar-refractivity contribution in [2.24, 2.45) is 52.3 Å². The number of aliphatic hydroxyl groups is 1. The van der Waals surface area contributed by atoms with Crippen molar-refractivity contribution in [3.63, 3.8) is 0 Å². The first kappa shape index (κ1) is 21.1. The lowest BCUT2D eigenvalue weighted by molar-refractivity contribution is -0.273. The molecule has 2 saturated heterocycles. The topological polar surface area (TPSA) is 55.8 Å². The molecular formula is C27H42O4.